The number of rotatable bonds is 4. The van der Waals surface area contributed by atoms with Crippen LogP contribution in [0.5, 0.6) is 0 Å². The van der Waals surface area contributed by atoms with Gasteiger partial charge in [-0.25, -0.2) is 13.8 Å². The molecule has 0 aliphatic carbocycles. The highest BCUT2D eigenvalue weighted by Gasteiger charge is 2.23. The summed E-state index contributed by atoms with van der Waals surface area (Å²) in [5.41, 5.74) is 2.62. The molecule has 8 heteroatoms. The summed E-state index contributed by atoms with van der Waals surface area (Å²) in [6.07, 6.45) is 0. The van der Waals surface area contributed by atoms with Gasteiger partial charge in [0.1, 0.15) is 23.0 Å². The fourth-order valence-corrected chi connectivity index (χ4v) is 3.15. The van der Waals surface area contributed by atoms with Crippen molar-refractivity contribution in [2.45, 2.75) is 26.7 Å². The lowest BCUT2D eigenvalue weighted by Gasteiger charge is -2.07. The summed E-state index contributed by atoms with van der Waals surface area (Å²) < 4.78 is 32.8. The fourth-order valence-electron chi connectivity index (χ4n) is 3.15. The van der Waals surface area contributed by atoms with E-state index < -0.39 is 11.6 Å². The van der Waals surface area contributed by atoms with Crippen molar-refractivity contribution in [3.63, 3.8) is 0 Å². The zero-order chi connectivity index (χ0) is 20.7. The highest BCUT2D eigenvalue weighted by atomic mass is 19.1. The zero-order valence-corrected chi connectivity index (χ0v) is 16.0. The Morgan fingerprint density at radius 2 is 1.97 bits per heavy atom. The summed E-state index contributed by atoms with van der Waals surface area (Å²) in [6, 6.07) is 8.23. The molecule has 2 aromatic carbocycles. The monoisotopic (exact) mass is 396 g/mol. The number of imidazole rings is 1. The Morgan fingerprint density at radius 3 is 2.72 bits per heavy atom. The largest absolute Gasteiger partial charge is 0.360 e. The van der Waals surface area contributed by atoms with Crippen molar-refractivity contribution in [1.29, 1.82) is 0 Å². The van der Waals surface area contributed by atoms with Gasteiger partial charge in [-0.15, -0.1) is 0 Å². The minimum absolute atomic E-state index is 0.00996. The minimum Gasteiger partial charge on any atom is -0.360 e. The molecule has 0 fully saturated rings. The average Bonchev–Trinajstić information content (AvgIpc) is 3.26. The van der Waals surface area contributed by atoms with Gasteiger partial charge in [0.05, 0.1) is 22.3 Å². The minimum atomic E-state index is -0.580. The first kappa shape index (κ1) is 18.8. The van der Waals surface area contributed by atoms with Crippen LogP contribution >= 0.6 is 0 Å². The topological polar surface area (TPSA) is 83.8 Å². The molecule has 0 spiro atoms. The van der Waals surface area contributed by atoms with Gasteiger partial charge in [-0.2, -0.15) is 0 Å². The van der Waals surface area contributed by atoms with Crippen LogP contribution in [0.1, 0.15) is 41.6 Å². The second-order valence-corrected chi connectivity index (χ2v) is 7.06. The summed E-state index contributed by atoms with van der Waals surface area (Å²) in [7, 11) is 0. The van der Waals surface area contributed by atoms with E-state index in [1.54, 1.807) is 25.1 Å². The van der Waals surface area contributed by atoms with Gasteiger partial charge >= 0.3 is 0 Å². The van der Waals surface area contributed by atoms with E-state index in [9.17, 15) is 13.6 Å². The lowest BCUT2D eigenvalue weighted by molar-refractivity contribution is 0.102. The Labute approximate surface area is 164 Å². The summed E-state index contributed by atoms with van der Waals surface area (Å²) in [6.45, 7) is 5.54. The first-order chi connectivity index (χ1) is 13.8. The third-order valence-electron chi connectivity index (χ3n) is 4.56. The molecule has 148 valence electrons. The number of hydrogen-bond donors (Lipinski definition) is 2. The third kappa shape index (κ3) is 3.49. The van der Waals surface area contributed by atoms with Crippen molar-refractivity contribution in [2.75, 3.05) is 5.32 Å². The molecule has 4 aromatic rings. The first-order valence-corrected chi connectivity index (χ1v) is 9.06. The molecule has 29 heavy (non-hydrogen) atoms. The summed E-state index contributed by atoms with van der Waals surface area (Å²) in [4.78, 5) is 20.0. The molecule has 1 amide bonds. The van der Waals surface area contributed by atoms with E-state index in [1.165, 1.54) is 0 Å². The second-order valence-electron chi connectivity index (χ2n) is 7.06. The van der Waals surface area contributed by atoms with Crippen LogP contribution in [0.15, 0.2) is 40.9 Å². The summed E-state index contributed by atoms with van der Waals surface area (Å²) >= 11 is 0. The van der Waals surface area contributed by atoms with Gasteiger partial charge in [0.2, 0.25) is 0 Å². The van der Waals surface area contributed by atoms with Crippen LogP contribution in [-0.2, 0) is 0 Å². The van der Waals surface area contributed by atoms with Crippen molar-refractivity contribution >= 4 is 22.6 Å². The highest BCUT2D eigenvalue weighted by molar-refractivity contribution is 6.06. The van der Waals surface area contributed by atoms with Crippen LogP contribution in [0.25, 0.3) is 22.4 Å². The van der Waals surface area contributed by atoms with Crippen molar-refractivity contribution in [2.24, 2.45) is 0 Å². The number of halogens is 2. The Hall–Kier alpha value is -3.55. The van der Waals surface area contributed by atoms with E-state index in [2.05, 4.69) is 20.4 Å². The van der Waals surface area contributed by atoms with Crippen LogP contribution < -0.4 is 5.32 Å². The quantitative estimate of drug-likeness (QED) is 0.498. The van der Waals surface area contributed by atoms with Crippen molar-refractivity contribution < 1.29 is 18.1 Å². The number of carbonyl (C=O) groups excluding carboxylic acids is 1. The molecule has 0 aliphatic rings. The predicted octanol–water partition coefficient (Wildman–Crippen LogP) is 5.18. The number of benzene rings is 2. The fraction of sp³-hybridized carbons (Fsp3) is 0.190. The molecule has 0 bridgehead atoms. The van der Waals surface area contributed by atoms with E-state index >= 15 is 0 Å². The molecule has 0 saturated carbocycles. The molecule has 6 nitrogen and oxygen atoms in total. The number of anilines is 1. The molecular formula is C21H18F2N4O2. The molecule has 0 radical (unpaired) electrons. The van der Waals surface area contributed by atoms with Gasteiger partial charge in [-0.3, -0.25) is 4.79 Å². The molecule has 2 aromatic heterocycles. The number of nitrogens with one attached hydrogen (secondary N) is 2. The van der Waals surface area contributed by atoms with Gasteiger partial charge < -0.3 is 14.8 Å². The lowest BCUT2D eigenvalue weighted by atomic mass is 10.0. The van der Waals surface area contributed by atoms with Gasteiger partial charge in [-0.1, -0.05) is 19.0 Å². The molecule has 2 heterocycles. The number of hydrogen-bond acceptors (Lipinski definition) is 4. The van der Waals surface area contributed by atoms with Crippen molar-refractivity contribution in [3.8, 4) is 11.4 Å². The van der Waals surface area contributed by atoms with Crippen LogP contribution in [0.3, 0.4) is 0 Å². The number of aromatic nitrogens is 3. The van der Waals surface area contributed by atoms with Crippen LogP contribution in [0, 0.1) is 18.6 Å². The highest BCUT2D eigenvalue weighted by Crippen LogP contribution is 2.27. The maximum atomic E-state index is 14.0. The number of carbonyl (C=O) groups is 1. The van der Waals surface area contributed by atoms with Crippen LogP contribution in [0.2, 0.25) is 0 Å². The van der Waals surface area contributed by atoms with Crippen molar-refractivity contribution in [1.82, 2.24) is 15.1 Å². The van der Waals surface area contributed by atoms with E-state index in [4.69, 9.17) is 4.52 Å². The number of fused-ring (bicyclic) bond motifs is 1. The van der Waals surface area contributed by atoms with Gasteiger partial charge in [0.15, 0.2) is 5.76 Å². The van der Waals surface area contributed by atoms with E-state index in [0.29, 0.717) is 33.7 Å². The Balaban J connectivity index is 1.66. The van der Waals surface area contributed by atoms with E-state index in [-0.39, 0.29) is 23.2 Å². The normalized spacial score (nSPS) is 11.4. The molecule has 0 unspecified atom stereocenters. The maximum absolute atomic E-state index is 14.0. The number of H-pyrrole nitrogens is 1. The Kier molecular flexibility index (Phi) is 4.62. The summed E-state index contributed by atoms with van der Waals surface area (Å²) in [5, 5.41) is 6.71. The Bertz CT molecular complexity index is 1230. The van der Waals surface area contributed by atoms with E-state index in [1.807, 2.05) is 13.8 Å². The number of aryl methyl sites for hydroxylation is 1. The standard InChI is InChI=1S/C21H18F2N4O2/c1-10(2)19-18(11(3)27-29-19)21(28)24-13-5-7-16-17(9-13)26-20(25-16)14-8-12(22)4-6-15(14)23/h4-10H,1-3H3,(H,24,28)(H,25,26). The molecule has 0 saturated heterocycles. The van der Waals surface area contributed by atoms with Gasteiger partial charge in [0, 0.05) is 11.6 Å². The summed E-state index contributed by atoms with van der Waals surface area (Å²) in [5.74, 6) is -0.731. The third-order valence-corrected chi connectivity index (χ3v) is 4.56. The molecular weight excluding hydrogens is 378 g/mol. The number of nitrogens with zero attached hydrogens (tertiary/aromatic N) is 2. The van der Waals surface area contributed by atoms with Crippen LogP contribution in [-0.4, -0.2) is 21.0 Å². The number of amides is 1. The van der Waals surface area contributed by atoms with Crippen molar-refractivity contribution in [3.05, 3.63) is 65.1 Å². The number of aromatic amines is 1. The molecule has 0 aliphatic heterocycles. The maximum Gasteiger partial charge on any atom is 0.261 e. The smallest absolute Gasteiger partial charge is 0.261 e. The van der Waals surface area contributed by atoms with Gasteiger partial charge in [-0.05, 0) is 43.3 Å². The first-order valence-electron chi connectivity index (χ1n) is 9.06. The van der Waals surface area contributed by atoms with Crippen LogP contribution in [0.4, 0.5) is 14.5 Å². The van der Waals surface area contributed by atoms with Gasteiger partial charge in [0.25, 0.3) is 5.91 Å². The Morgan fingerprint density at radius 1 is 1.17 bits per heavy atom. The molecule has 0 atom stereocenters. The zero-order valence-electron chi connectivity index (χ0n) is 16.0. The average molecular weight is 396 g/mol. The SMILES string of the molecule is Cc1noc(C(C)C)c1C(=O)Nc1ccc2nc(-c3cc(F)ccc3F)[nH]c2c1. The second kappa shape index (κ2) is 7.12. The van der Waals surface area contributed by atoms with E-state index in [0.717, 1.165) is 18.2 Å². The molecule has 4 rings (SSSR count). The molecule has 2 N–H and O–H groups in total. The lowest BCUT2D eigenvalue weighted by Crippen LogP contribution is -2.14. The predicted molar refractivity (Wildman–Crippen MR) is 105 cm³/mol.